The van der Waals surface area contributed by atoms with Gasteiger partial charge in [0.2, 0.25) is 0 Å². The van der Waals surface area contributed by atoms with Crippen LogP contribution in [0.15, 0.2) is 18.2 Å². The molecule has 0 aliphatic heterocycles. The summed E-state index contributed by atoms with van der Waals surface area (Å²) in [5, 5.41) is 8.87. The minimum Gasteiger partial charge on any atom is -0.492 e. The van der Waals surface area contributed by atoms with Gasteiger partial charge < -0.3 is 4.74 Å². The third-order valence-electron chi connectivity index (χ3n) is 3.15. The predicted octanol–water partition coefficient (Wildman–Crippen LogP) is 4.74. The van der Waals surface area contributed by atoms with Crippen molar-refractivity contribution in [2.45, 2.75) is 44.9 Å². The van der Waals surface area contributed by atoms with E-state index in [1.165, 1.54) is 38.2 Å². The van der Waals surface area contributed by atoms with Crippen LogP contribution in [0.3, 0.4) is 0 Å². The Morgan fingerprint density at radius 1 is 1.05 bits per heavy atom. The summed E-state index contributed by atoms with van der Waals surface area (Å²) in [6, 6.07) is 6.31. The Balaban J connectivity index is 2.13. The van der Waals surface area contributed by atoms with Gasteiger partial charge in [0.05, 0.1) is 6.61 Å². The van der Waals surface area contributed by atoms with E-state index in [1.54, 1.807) is 12.1 Å². The summed E-state index contributed by atoms with van der Waals surface area (Å²) in [6.45, 7) is 0.536. The average Bonchev–Trinajstić information content (AvgIpc) is 2.45. The van der Waals surface area contributed by atoms with E-state index in [-0.39, 0.29) is 5.56 Å². The SMILES string of the molecule is N#Cc1c(F)cccc1OCCCCCCCCCS. The van der Waals surface area contributed by atoms with Crippen molar-refractivity contribution in [3.63, 3.8) is 0 Å². The third kappa shape index (κ3) is 6.29. The fourth-order valence-corrected chi connectivity index (χ4v) is 2.24. The molecule has 0 N–H and O–H groups in total. The second-order valence-electron chi connectivity index (χ2n) is 4.77. The van der Waals surface area contributed by atoms with Gasteiger partial charge in [0.15, 0.2) is 0 Å². The number of nitriles is 1. The van der Waals surface area contributed by atoms with Gasteiger partial charge in [-0.3, -0.25) is 0 Å². The molecule has 2 nitrogen and oxygen atoms in total. The maximum Gasteiger partial charge on any atom is 0.144 e. The lowest BCUT2D eigenvalue weighted by Crippen LogP contribution is -2.00. The molecule has 1 rings (SSSR count). The molecule has 20 heavy (non-hydrogen) atoms. The van der Waals surface area contributed by atoms with Gasteiger partial charge in [-0.2, -0.15) is 17.9 Å². The maximum absolute atomic E-state index is 13.3. The first-order chi connectivity index (χ1) is 9.79. The Hall–Kier alpha value is -1.21. The molecule has 1 aromatic rings. The van der Waals surface area contributed by atoms with Crippen molar-refractivity contribution >= 4 is 12.6 Å². The van der Waals surface area contributed by atoms with Crippen LogP contribution < -0.4 is 4.74 Å². The standard InChI is InChI=1S/C16H22FNOS/c17-15-9-8-10-16(14(15)13-18)19-11-6-4-2-1-3-5-7-12-20/h8-10,20H,1-7,11-12H2. The number of rotatable bonds is 10. The highest BCUT2D eigenvalue weighted by Gasteiger charge is 2.08. The normalized spacial score (nSPS) is 10.2. The Morgan fingerprint density at radius 3 is 2.35 bits per heavy atom. The van der Waals surface area contributed by atoms with E-state index >= 15 is 0 Å². The number of benzene rings is 1. The molecule has 4 heteroatoms. The smallest absolute Gasteiger partial charge is 0.144 e. The highest BCUT2D eigenvalue weighted by atomic mass is 32.1. The lowest BCUT2D eigenvalue weighted by Gasteiger charge is -2.08. The first kappa shape index (κ1) is 16.8. The van der Waals surface area contributed by atoms with Crippen LogP contribution in [0.2, 0.25) is 0 Å². The van der Waals surface area contributed by atoms with Gasteiger partial charge in [-0.05, 0) is 30.7 Å². The summed E-state index contributed by atoms with van der Waals surface area (Å²) in [5.74, 6) is 0.804. The van der Waals surface area contributed by atoms with Crippen LogP contribution in [0.25, 0.3) is 0 Å². The second-order valence-corrected chi connectivity index (χ2v) is 5.22. The zero-order valence-corrected chi connectivity index (χ0v) is 12.7. The van der Waals surface area contributed by atoms with Gasteiger partial charge in [-0.15, -0.1) is 0 Å². The van der Waals surface area contributed by atoms with Crippen molar-refractivity contribution < 1.29 is 9.13 Å². The summed E-state index contributed by atoms with van der Waals surface area (Å²) >= 11 is 4.18. The van der Waals surface area contributed by atoms with E-state index in [2.05, 4.69) is 12.6 Å². The molecular formula is C16H22FNOS. The molecule has 0 aromatic heterocycles. The van der Waals surface area contributed by atoms with Crippen molar-refractivity contribution in [3.05, 3.63) is 29.6 Å². The number of thiol groups is 1. The van der Waals surface area contributed by atoms with Crippen LogP contribution in [0.1, 0.15) is 50.5 Å². The van der Waals surface area contributed by atoms with Crippen LogP contribution >= 0.6 is 12.6 Å². The third-order valence-corrected chi connectivity index (χ3v) is 3.46. The fraction of sp³-hybridized carbons (Fsp3) is 0.562. The molecule has 0 unspecified atom stereocenters. The summed E-state index contributed by atoms with van der Waals surface area (Å²) in [6.07, 6.45) is 8.22. The molecule has 0 fully saturated rings. The van der Waals surface area contributed by atoms with E-state index in [1.807, 2.05) is 6.07 Å². The Morgan fingerprint density at radius 2 is 1.70 bits per heavy atom. The quantitative estimate of drug-likeness (QED) is 0.499. The number of unbranched alkanes of at least 4 members (excludes halogenated alkanes) is 6. The van der Waals surface area contributed by atoms with Crippen LogP contribution in [-0.2, 0) is 0 Å². The molecule has 1 aromatic carbocycles. The largest absolute Gasteiger partial charge is 0.492 e. The van der Waals surface area contributed by atoms with Crippen LogP contribution in [-0.4, -0.2) is 12.4 Å². The van der Waals surface area contributed by atoms with Crippen LogP contribution in [0.4, 0.5) is 4.39 Å². The Kier molecular flexibility index (Phi) is 8.90. The highest BCUT2D eigenvalue weighted by Crippen LogP contribution is 2.20. The summed E-state index contributed by atoms with van der Waals surface area (Å²) in [5.41, 5.74) is -0.000690. The van der Waals surface area contributed by atoms with Gasteiger partial charge in [0.25, 0.3) is 0 Å². The second kappa shape index (κ2) is 10.6. The number of ether oxygens (including phenoxy) is 1. The molecule has 0 radical (unpaired) electrons. The first-order valence-corrected chi connectivity index (χ1v) is 7.85. The molecule has 110 valence electrons. The molecule has 0 spiro atoms. The van der Waals surface area contributed by atoms with Crippen molar-refractivity contribution in [1.29, 1.82) is 5.26 Å². The molecule has 0 bridgehead atoms. The molecule has 0 atom stereocenters. The van der Waals surface area contributed by atoms with Gasteiger partial charge in [-0.1, -0.05) is 38.2 Å². The molecule has 0 aliphatic rings. The van der Waals surface area contributed by atoms with Crippen molar-refractivity contribution in [2.75, 3.05) is 12.4 Å². The predicted molar refractivity (Wildman–Crippen MR) is 82.8 cm³/mol. The van der Waals surface area contributed by atoms with E-state index < -0.39 is 5.82 Å². The fourth-order valence-electron chi connectivity index (χ4n) is 2.01. The summed E-state index contributed by atoms with van der Waals surface area (Å²) < 4.78 is 18.8. The molecule has 0 amide bonds. The van der Waals surface area contributed by atoms with E-state index in [4.69, 9.17) is 10.00 Å². The van der Waals surface area contributed by atoms with Gasteiger partial charge >= 0.3 is 0 Å². The van der Waals surface area contributed by atoms with Crippen LogP contribution in [0.5, 0.6) is 5.75 Å². The number of halogens is 1. The molecule has 0 saturated carbocycles. The Bertz CT molecular complexity index is 431. The first-order valence-electron chi connectivity index (χ1n) is 7.22. The molecule has 0 aliphatic carbocycles. The molecular weight excluding hydrogens is 273 g/mol. The van der Waals surface area contributed by atoms with E-state index in [9.17, 15) is 4.39 Å². The zero-order chi connectivity index (χ0) is 14.6. The number of hydrogen-bond donors (Lipinski definition) is 1. The van der Waals surface area contributed by atoms with Crippen molar-refractivity contribution in [1.82, 2.24) is 0 Å². The van der Waals surface area contributed by atoms with Gasteiger partial charge in [0, 0.05) is 0 Å². The molecule has 0 saturated heterocycles. The van der Waals surface area contributed by atoms with Gasteiger partial charge in [0.1, 0.15) is 23.2 Å². The van der Waals surface area contributed by atoms with E-state index in [0.29, 0.717) is 12.4 Å². The van der Waals surface area contributed by atoms with Crippen molar-refractivity contribution in [3.8, 4) is 11.8 Å². The monoisotopic (exact) mass is 295 g/mol. The average molecular weight is 295 g/mol. The maximum atomic E-state index is 13.3. The van der Waals surface area contributed by atoms with Crippen LogP contribution in [0, 0.1) is 17.1 Å². The van der Waals surface area contributed by atoms with E-state index in [0.717, 1.165) is 18.6 Å². The lowest BCUT2D eigenvalue weighted by molar-refractivity contribution is 0.302. The van der Waals surface area contributed by atoms with Gasteiger partial charge in [-0.25, -0.2) is 4.39 Å². The number of nitrogens with zero attached hydrogens (tertiary/aromatic N) is 1. The Labute approximate surface area is 126 Å². The lowest BCUT2D eigenvalue weighted by atomic mass is 10.1. The number of hydrogen-bond acceptors (Lipinski definition) is 3. The highest BCUT2D eigenvalue weighted by molar-refractivity contribution is 7.80. The van der Waals surface area contributed by atoms with Crippen molar-refractivity contribution in [2.24, 2.45) is 0 Å². The summed E-state index contributed by atoms with van der Waals surface area (Å²) in [7, 11) is 0. The summed E-state index contributed by atoms with van der Waals surface area (Å²) in [4.78, 5) is 0. The minimum atomic E-state index is -0.519. The molecule has 0 heterocycles. The topological polar surface area (TPSA) is 33.0 Å². The minimum absolute atomic E-state index is 0.000690. The zero-order valence-electron chi connectivity index (χ0n) is 11.8.